The molecule has 0 aromatic rings. The van der Waals surface area contributed by atoms with Gasteiger partial charge in [-0.15, -0.1) is 23.2 Å². The van der Waals surface area contributed by atoms with Crippen LogP contribution in [0.4, 0.5) is 0 Å². The quantitative estimate of drug-likeness (QED) is 0.265. The van der Waals surface area contributed by atoms with E-state index >= 15 is 0 Å². The second-order valence-corrected chi connectivity index (χ2v) is 19.9. The first-order chi connectivity index (χ1) is 24.1. The first-order valence-corrected chi connectivity index (χ1v) is 22.0. The first kappa shape index (κ1) is 36.9. The minimum atomic E-state index is -3.66. The van der Waals surface area contributed by atoms with Crippen LogP contribution in [0.15, 0.2) is 4.99 Å². The Morgan fingerprint density at radius 2 is 1.58 bits per heavy atom. The molecule has 0 bridgehead atoms. The first-order valence-electron chi connectivity index (χ1n) is 19.6. The van der Waals surface area contributed by atoms with Gasteiger partial charge in [-0.3, -0.25) is 24.3 Å². The fourth-order valence-corrected chi connectivity index (χ4v) is 13.9. The van der Waals surface area contributed by atoms with E-state index in [9.17, 15) is 22.8 Å². The van der Waals surface area contributed by atoms with Crippen LogP contribution in [0.2, 0.25) is 0 Å². The number of hydrogen-bond donors (Lipinski definition) is 1. The average Bonchev–Trinajstić information content (AvgIpc) is 3.71. The predicted octanol–water partition coefficient (Wildman–Crippen LogP) is 5.64. The number of amidine groups is 1. The van der Waals surface area contributed by atoms with E-state index in [1.54, 1.807) is 4.31 Å². The Labute approximate surface area is 308 Å². The van der Waals surface area contributed by atoms with Crippen molar-refractivity contribution in [1.29, 1.82) is 0 Å². The number of aliphatic imine (C=N–C) groups is 1. The van der Waals surface area contributed by atoms with Crippen molar-refractivity contribution in [3.05, 3.63) is 0 Å². The van der Waals surface area contributed by atoms with Crippen LogP contribution >= 0.6 is 23.2 Å². The Balaban J connectivity index is 1.24. The molecule has 4 aliphatic carbocycles. The third kappa shape index (κ3) is 7.24. The fourth-order valence-electron chi connectivity index (χ4n) is 11.0. The van der Waals surface area contributed by atoms with E-state index < -0.39 is 21.2 Å². The van der Waals surface area contributed by atoms with Gasteiger partial charge in [0.15, 0.2) is 0 Å². The summed E-state index contributed by atoms with van der Waals surface area (Å²) >= 11 is 13.5. The highest BCUT2D eigenvalue weighted by atomic mass is 35.5. The summed E-state index contributed by atoms with van der Waals surface area (Å²) in [5, 5.41) is 2.60. The summed E-state index contributed by atoms with van der Waals surface area (Å²) in [6.07, 6.45) is 14.0. The highest BCUT2D eigenvalue weighted by Crippen LogP contribution is 2.49. The zero-order valence-electron chi connectivity index (χ0n) is 29.5. The average molecular weight is 756 g/mol. The maximum atomic E-state index is 15.0. The molecule has 8 atom stereocenters. The van der Waals surface area contributed by atoms with E-state index in [0.717, 1.165) is 82.9 Å². The lowest BCUT2D eigenvalue weighted by molar-refractivity contribution is -0.146. The normalized spacial score (nSPS) is 41.6. The maximum Gasteiger partial charge on any atom is 0.308 e. The van der Waals surface area contributed by atoms with Crippen LogP contribution in [0.25, 0.3) is 0 Å². The summed E-state index contributed by atoms with van der Waals surface area (Å²) in [6, 6.07) is -0.339. The minimum absolute atomic E-state index is 0.00729. The molecule has 0 aromatic heterocycles. The van der Waals surface area contributed by atoms with E-state index in [0.29, 0.717) is 45.2 Å². The monoisotopic (exact) mass is 754 g/mol. The standard InChI is InChI=1S/C37H56Cl2N4O6S/c1-49-37(46)23-11-15-28(16-12-23)50(47,48)42-21-30(29-7-2-3-8-31(29)42)35-41-33(24-5-4-6-27(39)19-24)34(22-9-13-26(38)14-10-22)43(35)36(45)25-17-18-40-32(44)20-25/h22-31,33-34H,2-21H2,1H3,(H,40,44). The number of nitrogens with one attached hydrogen (secondary N) is 1. The SMILES string of the molecule is COC(=O)C1CCC(S(=O)(=O)N2CC(C3=NC(C4CCCC(Cl)C4)C(C4CCC(Cl)CC4)N3C(=O)C3CCNC(=O)C3)C3CCCCC32)CC1. The van der Waals surface area contributed by atoms with E-state index in [-0.39, 0.29) is 82.7 Å². The molecular weight excluding hydrogens is 699 g/mol. The number of piperidine rings is 1. The van der Waals surface area contributed by atoms with Crippen molar-refractivity contribution in [2.75, 3.05) is 20.2 Å². The zero-order valence-corrected chi connectivity index (χ0v) is 31.9. The van der Waals surface area contributed by atoms with Crippen LogP contribution in [0.1, 0.15) is 116 Å². The number of halogens is 2. The molecule has 3 heterocycles. The molecule has 6 fully saturated rings. The number of fused-ring (bicyclic) bond motifs is 1. The smallest absolute Gasteiger partial charge is 0.308 e. The van der Waals surface area contributed by atoms with Crippen LogP contribution in [0.5, 0.6) is 0 Å². The molecule has 8 unspecified atom stereocenters. The van der Waals surface area contributed by atoms with E-state index in [1.165, 1.54) is 7.11 Å². The van der Waals surface area contributed by atoms with Crippen molar-refractivity contribution in [3.8, 4) is 0 Å². The zero-order chi connectivity index (χ0) is 35.2. The molecule has 7 rings (SSSR count). The lowest BCUT2D eigenvalue weighted by Gasteiger charge is -2.43. The summed E-state index contributed by atoms with van der Waals surface area (Å²) < 4.78 is 35.9. The van der Waals surface area contributed by atoms with Crippen LogP contribution in [-0.2, 0) is 29.1 Å². The van der Waals surface area contributed by atoms with Gasteiger partial charge in [-0.25, -0.2) is 8.42 Å². The van der Waals surface area contributed by atoms with Gasteiger partial charge in [-0.05, 0) is 108 Å². The molecule has 280 valence electrons. The van der Waals surface area contributed by atoms with Crippen LogP contribution in [0, 0.1) is 35.5 Å². The summed E-state index contributed by atoms with van der Waals surface area (Å²) in [4.78, 5) is 47.5. The molecule has 2 saturated heterocycles. The maximum absolute atomic E-state index is 15.0. The molecule has 7 aliphatic rings. The topological polar surface area (TPSA) is 125 Å². The summed E-state index contributed by atoms with van der Waals surface area (Å²) in [5.74, 6) is 0.154. The Morgan fingerprint density at radius 1 is 0.840 bits per heavy atom. The number of amides is 2. The Kier molecular flexibility index (Phi) is 11.4. The van der Waals surface area contributed by atoms with Crippen molar-refractivity contribution in [2.45, 2.75) is 150 Å². The van der Waals surface area contributed by atoms with Crippen molar-refractivity contribution in [1.82, 2.24) is 14.5 Å². The van der Waals surface area contributed by atoms with Crippen molar-refractivity contribution >= 4 is 56.8 Å². The number of sulfonamides is 1. The minimum Gasteiger partial charge on any atom is -0.469 e. The van der Waals surface area contributed by atoms with Gasteiger partial charge in [-0.1, -0.05) is 19.3 Å². The molecule has 13 heteroatoms. The molecule has 50 heavy (non-hydrogen) atoms. The van der Waals surface area contributed by atoms with Crippen LogP contribution in [0.3, 0.4) is 0 Å². The summed E-state index contributed by atoms with van der Waals surface area (Å²) in [7, 11) is -2.27. The predicted molar refractivity (Wildman–Crippen MR) is 193 cm³/mol. The van der Waals surface area contributed by atoms with Gasteiger partial charge in [0.2, 0.25) is 21.8 Å². The number of carbonyl (C=O) groups is 3. The van der Waals surface area contributed by atoms with Gasteiger partial charge < -0.3 is 10.1 Å². The number of alkyl halides is 2. The Hall–Kier alpha value is -1.43. The third-order valence-electron chi connectivity index (χ3n) is 13.7. The molecule has 0 spiro atoms. The van der Waals surface area contributed by atoms with Crippen molar-refractivity contribution in [3.63, 3.8) is 0 Å². The molecule has 4 saturated carbocycles. The molecule has 0 radical (unpaired) electrons. The number of carbonyl (C=O) groups excluding carboxylic acids is 3. The molecular formula is C37H56Cl2N4O6S. The van der Waals surface area contributed by atoms with Gasteiger partial charge in [0, 0.05) is 48.1 Å². The van der Waals surface area contributed by atoms with Gasteiger partial charge in [0.05, 0.1) is 30.4 Å². The van der Waals surface area contributed by atoms with Crippen molar-refractivity contribution < 1.29 is 27.5 Å². The van der Waals surface area contributed by atoms with Gasteiger partial charge in [0.25, 0.3) is 0 Å². The number of nitrogens with zero attached hydrogens (tertiary/aromatic N) is 3. The number of esters is 1. The number of methoxy groups -OCH3 is 1. The summed E-state index contributed by atoms with van der Waals surface area (Å²) in [6.45, 7) is 0.814. The van der Waals surface area contributed by atoms with Crippen LogP contribution in [-0.4, -0.2) is 95.6 Å². The van der Waals surface area contributed by atoms with Crippen molar-refractivity contribution in [2.24, 2.45) is 40.5 Å². The van der Waals surface area contributed by atoms with Crippen LogP contribution < -0.4 is 5.32 Å². The van der Waals surface area contributed by atoms with Gasteiger partial charge >= 0.3 is 5.97 Å². The second kappa shape index (κ2) is 15.5. The highest BCUT2D eigenvalue weighted by Gasteiger charge is 2.57. The van der Waals surface area contributed by atoms with E-state index in [4.69, 9.17) is 32.9 Å². The van der Waals surface area contributed by atoms with Gasteiger partial charge in [-0.2, -0.15) is 4.31 Å². The lowest BCUT2D eigenvalue weighted by Crippen LogP contribution is -2.55. The Bertz CT molecular complexity index is 1410. The number of hydrogen-bond acceptors (Lipinski definition) is 7. The number of ether oxygens (including phenoxy) is 1. The Morgan fingerprint density at radius 3 is 2.28 bits per heavy atom. The molecule has 2 amide bonds. The molecule has 3 aliphatic heterocycles. The molecule has 1 N–H and O–H groups in total. The molecule has 10 nitrogen and oxygen atoms in total. The van der Waals surface area contributed by atoms with E-state index in [2.05, 4.69) is 10.2 Å². The highest BCUT2D eigenvalue weighted by molar-refractivity contribution is 7.89. The lowest BCUT2D eigenvalue weighted by atomic mass is 9.73. The van der Waals surface area contributed by atoms with Gasteiger partial charge in [0.1, 0.15) is 5.84 Å². The molecule has 0 aromatic carbocycles. The fraction of sp³-hybridized carbons (Fsp3) is 0.892. The number of rotatable bonds is 7. The summed E-state index contributed by atoms with van der Waals surface area (Å²) in [5.41, 5.74) is 0. The third-order valence-corrected chi connectivity index (χ3v) is 16.9. The second-order valence-electron chi connectivity index (χ2n) is 16.5. The largest absolute Gasteiger partial charge is 0.469 e. The van der Waals surface area contributed by atoms with E-state index in [1.807, 2.05) is 0 Å².